The normalized spacial score (nSPS) is 11.7. The number of amides is 2. The quantitative estimate of drug-likeness (QED) is 0.261. The number of carbonyl (C=O) groups excluding carboxylic acids is 2. The number of unbranched alkanes of at least 4 members (excludes halogenated alkanes) is 1. The van der Waals surface area contributed by atoms with E-state index in [0.717, 1.165) is 6.42 Å². The lowest BCUT2D eigenvalue weighted by Gasteiger charge is -2.32. The van der Waals surface area contributed by atoms with Crippen molar-refractivity contribution < 1.29 is 18.7 Å². The maximum Gasteiger partial charge on any atom is 0.410 e. The lowest BCUT2D eigenvalue weighted by molar-refractivity contribution is -0.127. The molecule has 2 rings (SSSR count). The molecule has 0 radical (unpaired) electrons. The number of nitrogens with one attached hydrogen (secondary N) is 3. The van der Waals surface area contributed by atoms with Gasteiger partial charge in [0, 0.05) is 32.2 Å². The van der Waals surface area contributed by atoms with Crippen molar-refractivity contribution >= 4 is 29.5 Å². The Labute approximate surface area is 231 Å². The Kier molecular flexibility index (Phi) is 12.0. The van der Waals surface area contributed by atoms with Gasteiger partial charge in [0.15, 0.2) is 0 Å². The van der Waals surface area contributed by atoms with Crippen molar-refractivity contribution in [3.05, 3.63) is 41.8 Å². The van der Waals surface area contributed by atoms with Gasteiger partial charge in [-0.2, -0.15) is 4.98 Å². The molecule has 3 N–H and O–H groups in total. The number of aromatic nitrogens is 2. The Bertz CT molecular complexity index is 1170. The van der Waals surface area contributed by atoms with Crippen molar-refractivity contribution in [3.63, 3.8) is 0 Å². The molecular weight excluding hydrogens is 499 g/mol. The van der Waals surface area contributed by atoms with Gasteiger partial charge < -0.3 is 20.7 Å². The molecule has 212 valence electrons. The highest BCUT2D eigenvalue weighted by atomic mass is 19.1. The van der Waals surface area contributed by atoms with E-state index >= 15 is 0 Å². The van der Waals surface area contributed by atoms with Crippen LogP contribution in [0.4, 0.5) is 26.6 Å². The zero-order valence-corrected chi connectivity index (χ0v) is 24.0. The van der Waals surface area contributed by atoms with Crippen molar-refractivity contribution in [2.45, 2.75) is 72.4 Å². The fraction of sp³-hybridized carbons (Fsp3) is 0.517. The van der Waals surface area contributed by atoms with Crippen LogP contribution >= 0.6 is 0 Å². The molecule has 9 nitrogen and oxygen atoms in total. The molecule has 1 aromatic carbocycles. The van der Waals surface area contributed by atoms with Crippen molar-refractivity contribution in [3.8, 4) is 11.8 Å². The van der Waals surface area contributed by atoms with Crippen LogP contribution in [0.3, 0.4) is 0 Å². The van der Waals surface area contributed by atoms with E-state index in [0.29, 0.717) is 48.9 Å². The number of carbonyl (C=O) groups is 2. The van der Waals surface area contributed by atoms with Crippen LogP contribution in [-0.4, -0.2) is 58.6 Å². The number of nitrogens with zero attached hydrogens (tertiary/aromatic N) is 3. The highest BCUT2D eigenvalue weighted by Crippen LogP contribution is 2.18. The van der Waals surface area contributed by atoms with Crippen LogP contribution in [0.1, 0.15) is 66.4 Å². The Morgan fingerprint density at radius 3 is 2.59 bits per heavy atom. The monoisotopic (exact) mass is 540 g/mol. The highest BCUT2D eigenvalue weighted by molar-refractivity contribution is 5.85. The molecule has 39 heavy (non-hydrogen) atoms. The number of hydrogen-bond acceptors (Lipinski definition) is 7. The summed E-state index contributed by atoms with van der Waals surface area (Å²) in [5, 5.41) is 9.17. The van der Waals surface area contributed by atoms with Gasteiger partial charge in [0.05, 0.1) is 11.8 Å². The highest BCUT2D eigenvalue weighted by Gasteiger charge is 2.32. The minimum atomic E-state index is -0.644. The molecule has 0 bridgehead atoms. The zero-order chi connectivity index (χ0) is 29.0. The maximum absolute atomic E-state index is 13.5. The smallest absolute Gasteiger partial charge is 0.410 e. The van der Waals surface area contributed by atoms with E-state index in [4.69, 9.17) is 4.74 Å². The first-order valence-electron chi connectivity index (χ1n) is 13.3. The Balaban J connectivity index is 1.95. The molecule has 0 saturated carbocycles. The van der Waals surface area contributed by atoms with Gasteiger partial charge in [-0.25, -0.2) is 14.2 Å². The fourth-order valence-corrected chi connectivity index (χ4v) is 3.63. The van der Waals surface area contributed by atoms with E-state index in [1.165, 1.54) is 17.0 Å². The third kappa shape index (κ3) is 10.8. The van der Waals surface area contributed by atoms with Crippen LogP contribution in [-0.2, 0) is 9.53 Å². The standard InChI is InChI=1S/C29H41FN6O3/c1-8-16-31-25-21(19-33-27(35-25)34-23-15-12-14-22(30)18-23)13-10-9-11-17-32-26(37)24(20(2)3)36(7)28(38)39-29(4,5)6/h12,14-15,18-20,24H,8-9,11,16-17H2,1-7H3,(H,32,37)(H2,31,33,34,35)/t24-/m0/s1. The van der Waals surface area contributed by atoms with Crippen molar-refractivity contribution in [1.29, 1.82) is 0 Å². The number of benzene rings is 1. The molecule has 2 aromatic rings. The van der Waals surface area contributed by atoms with Gasteiger partial charge in [0.25, 0.3) is 0 Å². The predicted octanol–water partition coefficient (Wildman–Crippen LogP) is 5.32. The number of anilines is 3. The van der Waals surface area contributed by atoms with Crippen LogP contribution in [0.25, 0.3) is 0 Å². The lowest BCUT2D eigenvalue weighted by Crippen LogP contribution is -2.51. The molecule has 0 aliphatic heterocycles. The third-order valence-corrected chi connectivity index (χ3v) is 5.41. The van der Waals surface area contributed by atoms with E-state index < -0.39 is 17.7 Å². The Morgan fingerprint density at radius 2 is 1.95 bits per heavy atom. The first-order valence-corrected chi connectivity index (χ1v) is 13.3. The number of halogens is 1. The lowest BCUT2D eigenvalue weighted by atomic mass is 10.0. The van der Waals surface area contributed by atoms with Crippen LogP contribution in [0.5, 0.6) is 0 Å². The van der Waals surface area contributed by atoms with Gasteiger partial charge in [0.1, 0.15) is 23.3 Å². The van der Waals surface area contributed by atoms with E-state index in [-0.39, 0.29) is 17.6 Å². The third-order valence-electron chi connectivity index (χ3n) is 5.41. The van der Waals surface area contributed by atoms with E-state index in [2.05, 4.69) is 44.7 Å². The summed E-state index contributed by atoms with van der Waals surface area (Å²) in [5.74, 6) is 6.47. The summed E-state index contributed by atoms with van der Waals surface area (Å²) in [4.78, 5) is 35.4. The predicted molar refractivity (Wildman–Crippen MR) is 152 cm³/mol. The molecule has 10 heteroatoms. The zero-order valence-electron chi connectivity index (χ0n) is 24.0. The number of ether oxygens (including phenoxy) is 1. The van der Waals surface area contributed by atoms with Gasteiger partial charge in [-0.05, 0) is 57.7 Å². The second kappa shape index (κ2) is 14.9. The average molecular weight is 541 g/mol. The molecule has 1 heterocycles. The first kappa shape index (κ1) is 31.3. The first-order chi connectivity index (χ1) is 18.4. The molecule has 0 saturated heterocycles. The number of hydrogen-bond donors (Lipinski definition) is 3. The fourth-order valence-electron chi connectivity index (χ4n) is 3.63. The summed E-state index contributed by atoms with van der Waals surface area (Å²) >= 11 is 0. The number of rotatable bonds is 11. The van der Waals surface area contributed by atoms with Crippen LogP contribution in [0, 0.1) is 23.6 Å². The molecular formula is C29H41FN6O3. The topological polar surface area (TPSA) is 108 Å². The summed E-state index contributed by atoms with van der Waals surface area (Å²) in [5.41, 5.74) is 0.558. The molecule has 1 atom stereocenters. The van der Waals surface area contributed by atoms with Gasteiger partial charge in [0.2, 0.25) is 11.9 Å². The van der Waals surface area contributed by atoms with E-state index in [1.54, 1.807) is 46.1 Å². The second-order valence-electron chi connectivity index (χ2n) is 10.5. The Morgan fingerprint density at radius 1 is 1.21 bits per heavy atom. The molecule has 0 aliphatic carbocycles. The minimum absolute atomic E-state index is 0.0882. The number of likely N-dealkylation sites (N-methyl/N-ethyl adjacent to an activating group) is 1. The SMILES string of the molecule is CCCNc1nc(Nc2cccc(F)c2)ncc1C#CCCCNC(=O)[C@H](C(C)C)N(C)C(=O)OC(C)(C)C. The van der Waals surface area contributed by atoms with Crippen LogP contribution in [0.15, 0.2) is 30.5 Å². The van der Waals surface area contributed by atoms with Crippen LogP contribution < -0.4 is 16.0 Å². The molecule has 0 spiro atoms. The Hall–Kier alpha value is -3.87. The van der Waals surface area contributed by atoms with Gasteiger partial charge >= 0.3 is 6.09 Å². The summed E-state index contributed by atoms with van der Waals surface area (Å²) < 4.78 is 18.9. The molecule has 2 amide bonds. The summed E-state index contributed by atoms with van der Waals surface area (Å²) in [6.07, 6.45) is 3.18. The average Bonchev–Trinajstić information content (AvgIpc) is 2.84. The van der Waals surface area contributed by atoms with Gasteiger partial charge in [-0.1, -0.05) is 38.7 Å². The molecule has 0 fully saturated rings. The second-order valence-corrected chi connectivity index (χ2v) is 10.5. The van der Waals surface area contributed by atoms with Crippen LogP contribution in [0.2, 0.25) is 0 Å². The summed E-state index contributed by atoms with van der Waals surface area (Å²) in [7, 11) is 1.58. The summed E-state index contributed by atoms with van der Waals surface area (Å²) in [6.45, 7) is 12.3. The molecule has 0 aliphatic rings. The maximum atomic E-state index is 13.5. The largest absolute Gasteiger partial charge is 0.444 e. The minimum Gasteiger partial charge on any atom is -0.444 e. The van der Waals surface area contributed by atoms with Crippen molar-refractivity contribution in [2.24, 2.45) is 5.92 Å². The van der Waals surface area contributed by atoms with Gasteiger partial charge in [-0.3, -0.25) is 9.69 Å². The van der Waals surface area contributed by atoms with Gasteiger partial charge in [-0.15, -0.1) is 0 Å². The van der Waals surface area contributed by atoms with E-state index in [9.17, 15) is 14.0 Å². The van der Waals surface area contributed by atoms with E-state index in [1.807, 2.05) is 13.8 Å². The molecule has 0 unspecified atom stereocenters. The molecule has 1 aromatic heterocycles. The van der Waals surface area contributed by atoms with Crippen molar-refractivity contribution in [1.82, 2.24) is 20.2 Å². The van der Waals surface area contributed by atoms with Crippen molar-refractivity contribution in [2.75, 3.05) is 30.8 Å². The summed E-state index contributed by atoms with van der Waals surface area (Å²) in [6, 6.07) is 5.44.